The molecule has 202 valence electrons. The third-order valence-corrected chi connectivity index (χ3v) is 8.94. The van der Waals surface area contributed by atoms with Crippen molar-refractivity contribution in [3.05, 3.63) is 102 Å². The van der Waals surface area contributed by atoms with Gasteiger partial charge in [0, 0.05) is 43.9 Å². The van der Waals surface area contributed by atoms with Crippen molar-refractivity contribution in [2.45, 2.75) is 56.9 Å². The van der Waals surface area contributed by atoms with Gasteiger partial charge < -0.3 is 9.72 Å². The summed E-state index contributed by atoms with van der Waals surface area (Å²) in [5.74, 6) is 0.636. The average molecular weight is 557 g/mol. The third-order valence-electron chi connectivity index (χ3n) is 8.08. The van der Waals surface area contributed by atoms with E-state index in [2.05, 4.69) is 34.1 Å². The van der Waals surface area contributed by atoms with Crippen LogP contribution in [0.3, 0.4) is 0 Å². The van der Waals surface area contributed by atoms with Gasteiger partial charge in [0.25, 0.3) is 5.56 Å². The molecular weight excluding hydrogens is 521 g/mol. The Bertz CT molecular complexity index is 1340. The number of hydrogen-bond acceptors (Lipinski definition) is 4. The average Bonchev–Trinajstić information content (AvgIpc) is 2.95. The van der Waals surface area contributed by atoms with Gasteiger partial charge in [-0.2, -0.15) is 0 Å². The summed E-state index contributed by atoms with van der Waals surface area (Å²) in [6.07, 6.45) is 4.96. The van der Waals surface area contributed by atoms with E-state index in [1.54, 1.807) is 6.07 Å². The van der Waals surface area contributed by atoms with Gasteiger partial charge in [0.15, 0.2) is 0 Å². The highest BCUT2D eigenvalue weighted by Gasteiger charge is 2.28. The van der Waals surface area contributed by atoms with Gasteiger partial charge in [0.05, 0.1) is 23.3 Å². The van der Waals surface area contributed by atoms with E-state index in [0.717, 1.165) is 76.2 Å². The van der Waals surface area contributed by atoms with E-state index < -0.39 is 0 Å². The number of morpholine rings is 1. The molecule has 2 aromatic carbocycles. The fraction of sp³-hybridized carbons (Fsp3) is 0.467. The minimum atomic E-state index is -0.321. The van der Waals surface area contributed by atoms with Crippen LogP contribution < -0.4 is 11.2 Å². The van der Waals surface area contributed by atoms with Gasteiger partial charge in [0.1, 0.15) is 0 Å². The number of aromatic amines is 1. The number of rotatable bonds is 8. The van der Waals surface area contributed by atoms with Crippen LogP contribution in [0.2, 0.25) is 10.0 Å². The summed E-state index contributed by atoms with van der Waals surface area (Å²) < 4.78 is 6.79. The first kappa shape index (κ1) is 27.2. The van der Waals surface area contributed by atoms with Crippen molar-refractivity contribution in [1.82, 2.24) is 14.5 Å². The van der Waals surface area contributed by atoms with Crippen LogP contribution in [0.1, 0.15) is 66.3 Å². The van der Waals surface area contributed by atoms with Crippen LogP contribution in [-0.4, -0.2) is 47.3 Å². The van der Waals surface area contributed by atoms with Crippen LogP contribution in [0.15, 0.2) is 58.1 Å². The molecule has 6 nitrogen and oxygen atoms in total. The Morgan fingerprint density at radius 1 is 0.868 bits per heavy atom. The number of aromatic nitrogens is 2. The second-order valence-corrected chi connectivity index (χ2v) is 11.2. The maximum Gasteiger partial charge on any atom is 0.328 e. The minimum absolute atomic E-state index is 0.131. The Morgan fingerprint density at radius 3 is 2.32 bits per heavy atom. The molecule has 1 aliphatic heterocycles. The van der Waals surface area contributed by atoms with Crippen LogP contribution in [0.5, 0.6) is 0 Å². The second-order valence-electron chi connectivity index (χ2n) is 10.4. The molecule has 1 aliphatic carbocycles. The van der Waals surface area contributed by atoms with Crippen molar-refractivity contribution in [3.63, 3.8) is 0 Å². The van der Waals surface area contributed by atoms with Crippen LogP contribution >= 0.6 is 23.2 Å². The van der Waals surface area contributed by atoms with E-state index in [-0.39, 0.29) is 17.2 Å². The first-order chi connectivity index (χ1) is 18.5. The highest BCUT2D eigenvalue weighted by molar-refractivity contribution is 6.42. The number of ether oxygens (including phenoxy) is 1. The van der Waals surface area contributed by atoms with Gasteiger partial charge in [-0.05, 0) is 61.1 Å². The van der Waals surface area contributed by atoms with Crippen LogP contribution in [0.25, 0.3) is 0 Å². The Balaban J connectivity index is 1.41. The summed E-state index contributed by atoms with van der Waals surface area (Å²) in [5.41, 5.74) is 3.02. The standard InChI is InChI=1S/C30H35Cl2N3O3/c31-26-9-4-8-24(27(26)32)20-25-28(23-12-10-22(11-13-23)21-6-2-1-3-7-21)33-30(37)35(29(25)36)15-5-14-34-16-18-38-19-17-34/h1-4,6-9,22-23H,5,10-20H2,(H,33,37). The second kappa shape index (κ2) is 12.6. The molecule has 0 atom stereocenters. The maximum atomic E-state index is 13.9. The van der Waals surface area contributed by atoms with Crippen molar-refractivity contribution < 1.29 is 4.74 Å². The fourth-order valence-corrected chi connectivity index (χ4v) is 6.33. The first-order valence-corrected chi connectivity index (χ1v) is 14.4. The van der Waals surface area contributed by atoms with E-state index >= 15 is 0 Å². The number of nitrogens with one attached hydrogen (secondary N) is 1. The van der Waals surface area contributed by atoms with E-state index in [4.69, 9.17) is 27.9 Å². The van der Waals surface area contributed by atoms with E-state index in [0.29, 0.717) is 34.5 Å². The van der Waals surface area contributed by atoms with Gasteiger partial charge in [-0.3, -0.25) is 14.3 Å². The lowest BCUT2D eigenvalue weighted by Crippen LogP contribution is -2.41. The first-order valence-electron chi connectivity index (χ1n) is 13.6. The summed E-state index contributed by atoms with van der Waals surface area (Å²) in [7, 11) is 0. The van der Waals surface area contributed by atoms with Crippen LogP contribution in [-0.2, 0) is 17.7 Å². The Labute approximate surface area is 233 Å². The summed E-state index contributed by atoms with van der Waals surface area (Å²) in [6.45, 7) is 4.43. The monoisotopic (exact) mass is 555 g/mol. The van der Waals surface area contributed by atoms with Gasteiger partial charge in [-0.1, -0.05) is 65.7 Å². The Kier molecular flexibility index (Phi) is 9.05. The zero-order chi connectivity index (χ0) is 26.5. The van der Waals surface area contributed by atoms with Gasteiger partial charge in [-0.15, -0.1) is 0 Å². The molecule has 0 amide bonds. The summed E-state index contributed by atoms with van der Waals surface area (Å²) in [5, 5.41) is 0.918. The summed E-state index contributed by atoms with van der Waals surface area (Å²) in [6, 6.07) is 16.1. The van der Waals surface area contributed by atoms with Crippen LogP contribution in [0, 0.1) is 0 Å². The van der Waals surface area contributed by atoms with Gasteiger partial charge in [-0.25, -0.2) is 4.79 Å². The molecule has 8 heteroatoms. The molecule has 5 rings (SSSR count). The van der Waals surface area contributed by atoms with Crippen LogP contribution in [0.4, 0.5) is 0 Å². The largest absolute Gasteiger partial charge is 0.379 e. The minimum Gasteiger partial charge on any atom is -0.379 e. The molecule has 2 heterocycles. The molecule has 1 saturated carbocycles. The molecule has 2 aliphatic rings. The molecule has 1 aromatic heterocycles. The molecule has 1 saturated heterocycles. The normalized spacial score (nSPS) is 20.5. The molecule has 0 spiro atoms. The number of halogens is 2. The predicted octanol–water partition coefficient (Wildman–Crippen LogP) is 5.60. The molecule has 38 heavy (non-hydrogen) atoms. The smallest absolute Gasteiger partial charge is 0.328 e. The lowest BCUT2D eigenvalue weighted by atomic mass is 9.76. The highest BCUT2D eigenvalue weighted by Crippen LogP contribution is 2.40. The van der Waals surface area contributed by atoms with Crippen molar-refractivity contribution >= 4 is 23.2 Å². The third kappa shape index (κ3) is 6.26. The summed E-state index contributed by atoms with van der Waals surface area (Å²) in [4.78, 5) is 32.5. The Morgan fingerprint density at radius 2 is 1.58 bits per heavy atom. The zero-order valence-electron chi connectivity index (χ0n) is 21.6. The number of nitrogens with zero attached hydrogens (tertiary/aromatic N) is 2. The van der Waals surface area contributed by atoms with E-state index in [1.807, 2.05) is 18.2 Å². The van der Waals surface area contributed by atoms with Crippen molar-refractivity contribution in [1.29, 1.82) is 0 Å². The predicted molar refractivity (Wildman–Crippen MR) is 153 cm³/mol. The topological polar surface area (TPSA) is 67.3 Å². The molecule has 0 unspecified atom stereocenters. The molecule has 2 fully saturated rings. The number of benzene rings is 2. The lowest BCUT2D eigenvalue weighted by molar-refractivity contribution is 0.0368. The molecule has 0 bridgehead atoms. The van der Waals surface area contributed by atoms with E-state index in [1.165, 1.54) is 10.1 Å². The number of hydrogen-bond donors (Lipinski definition) is 1. The summed E-state index contributed by atoms with van der Waals surface area (Å²) >= 11 is 12.8. The van der Waals surface area contributed by atoms with Crippen molar-refractivity contribution in [3.8, 4) is 0 Å². The molecule has 1 N–H and O–H groups in total. The van der Waals surface area contributed by atoms with Gasteiger partial charge in [0.2, 0.25) is 0 Å². The fourth-order valence-electron chi connectivity index (χ4n) is 5.94. The molecular formula is C30H35Cl2N3O3. The zero-order valence-corrected chi connectivity index (χ0v) is 23.1. The Hall–Kier alpha value is -2.38. The van der Waals surface area contributed by atoms with Crippen molar-refractivity contribution in [2.75, 3.05) is 32.8 Å². The van der Waals surface area contributed by atoms with E-state index in [9.17, 15) is 9.59 Å². The van der Waals surface area contributed by atoms with Gasteiger partial charge >= 0.3 is 5.69 Å². The number of H-pyrrole nitrogens is 1. The molecule has 0 radical (unpaired) electrons. The highest BCUT2D eigenvalue weighted by atomic mass is 35.5. The maximum absolute atomic E-state index is 13.9. The lowest BCUT2D eigenvalue weighted by Gasteiger charge is -2.30. The van der Waals surface area contributed by atoms with Crippen molar-refractivity contribution in [2.24, 2.45) is 0 Å². The quantitative estimate of drug-likeness (QED) is 0.393. The molecule has 3 aromatic rings. The SMILES string of the molecule is O=c1[nH]c(C2CCC(c3ccccc3)CC2)c(Cc2cccc(Cl)c2Cl)c(=O)n1CCCN1CCOCC1.